The lowest BCUT2D eigenvalue weighted by Crippen LogP contribution is -2.13. The summed E-state index contributed by atoms with van der Waals surface area (Å²) in [5, 5.41) is 2.67. The largest absolute Gasteiger partial charge is 0.450 e. The van der Waals surface area contributed by atoms with E-state index in [1.165, 1.54) is 5.56 Å². The van der Waals surface area contributed by atoms with Crippen molar-refractivity contribution in [2.75, 3.05) is 11.9 Å². The molecule has 0 fully saturated rings. The van der Waals surface area contributed by atoms with E-state index in [0.717, 1.165) is 10.2 Å². The second-order valence-electron chi connectivity index (χ2n) is 3.74. The maximum absolute atomic E-state index is 11.2. The van der Waals surface area contributed by atoms with Crippen molar-refractivity contribution in [3.63, 3.8) is 0 Å². The number of rotatable bonds is 3. The molecule has 0 aliphatic heterocycles. The highest BCUT2D eigenvalue weighted by atomic mass is 79.9. The summed E-state index contributed by atoms with van der Waals surface area (Å²) in [5.41, 5.74) is 1.95. The van der Waals surface area contributed by atoms with E-state index in [2.05, 4.69) is 35.1 Å². The Balaban J connectivity index is 2.79. The van der Waals surface area contributed by atoms with Gasteiger partial charge in [0.2, 0.25) is 0 Å². The van der Waals surface area contributed by atoms with E-state index in [9.17, 15) is 4.79 Å². The highest BCUT2D eigenvalue weighted by molar-refractivity contribution is 9.10. The number of benzene rings is 1. The zero-order valence-corrected chi connectivity index (χ0v) is 11.3. The lowest BCUT2D eigenvalue weighted by Gasteiger charge is -2.10. The van der Waals surface area contributed by atoms with E-state index in [1.807, 2.05) is 18.2 Å². The smallest absolute Gasteiger partial charge is 0.411 e. The number of ether oxygens (including phenoxy) is 1. The van der Waals surface area contributed by atoms with Crippen LogP contribution in [0, 0.1) is 0 Å². The van der Waals surface area contributed by atoms with E-state index >= 15 is 0 Å². The van der Waals surface area contributed by atoms with Gasteiger partial charge in [-0.1, -0.05) is 19.9 Å². The molecule has 16 heavy (non-hydrogen) atoms. The third kappa shape index (κ3) is 3.52. The quantitative estimate of drug-likeness (QED) is 0.906. The third-order valence-electron chi connectivity index (χ3n) is 2.17. The first-order valence-electron chi connectivity index (χ1n) is 5.27. The van der Waals surface area contributed by atoms with Gasteiger partial charge in [0.05, 0.1) is 12.3 Å². The molecule has 1 rings (SSSR count). The molecule has 0 aliphatic rings. The number of nitrogens with one attached hydrogen (secondary N) is 1. The highest BCUT2D eigenvalue weighted by Crippen LogP contribution is 2.27. The van der Waals surface area contributed by atoms with Crippen LogP contribution in [0.3, 0.4) is 0 Å². The summed E-state index contributed by atoms with van der Waals surface area (Å²) in [4.78, 5) is 11.2. The van der Waals surface area contributed by atoms with Crippen LogP contribution in [0.15, 0.2) is 22.7 Å². The van der Waals surface area contributed by atoms with Gasteiger partial charge in [-0.15, -0.1) is 0 Å². The van der Waals surface area contributed by atoms with Crippen molar-refractivity contribution in [1.29, 1.82) is 0 Å². The molecule has 4 heteroatoms. The molecule has 0 spiro atoms. The van der Waals surface area contributed by atoms with Crippen molar-refractivity contribution in [1.82, 2.24) is 0 Å². The average Bonchev–Trinajstić information content (AvgIpc) is 2.21. The van der Waals surface area contributed by atoms with Crippen molar-refractivity contribution >= 4 is 27.7 Å². The topological polar surface area (TPSA) is 38.3 Å². The molecule has 0 radical (unpaired) electrons. The Morgan fingerprint density at radius 2 is 2.19 bits per heavy atom. The van der Waals surface area contributed by atoms with Gasteiger partial charge in [0.25, 0.3) is 0 Å². The van der Waals surface area contributed by atoms with Gasteiger partial charge >= 0.3 is 6.09 Å². The molecule has 1 N–H and O–H groups in total. The summed E-state index contributed by atoms with van der Waals surface area (Å²) >= 11 is 3.42. The Morgan fingerprint density at radius 3 is 2.69 bits per heavy atom. The van der Waals surface area contributed by atoms with Gasteiger partial charge in [-0.3, -0.25) is 5.32 Å². The number of anilines is 1. The lowest BCUT2D eigenvalue weighted by atomic mass is 10.0. The van der Waals surface area contributed by atoms with Crippen LogP contribution in [0.1, 0.15) is 32.3 Å². The summed E-state index contributed by atoms with van der Waals surface area (Å²) in [7, 11) is 0. The Labute approximate surface area is 104 Å². The minimum Gasteiger partial charge on any atom is -0.450 e. The highest BCUT2D eigenvalue weighted by Gasteiger charge is 2.07. The predicted octanol–water partition coefficient (Wildman–Crippen LogP) is 4.14. The Hall–Kier alpha value is -1.03. The van der Waals surface area contributed by atoms with Crippen LogP contribution in [-0.2, 0) is 4.74 Å². The van der Waals surface area contributed by atoms with Crippen molar-refractivity contribution in [3.05, 3.63) is 28.2 Å². The summed E-state index contributed by atoms with van der Waals surface area (Å²) in [5.74, 6) is 0.466. The molecule has 0 saturated carbocycles. The molecule has 1 aromatic carbocycles. The van der Waals surface area contributed by atoms with E-state index in [1.54, 1.807) is 6.92 Å². The van der Waals surface area contributed by atoms with E-state index in [0.29, 0.717) is 12.5 Å². The van der Waals surface area contributed by atoms with Gasteiger partial charge < -0.3 is 4.74 Å². The first kappa shape index (κ1) is 13.0. The molecule has 0 saturated heterocycles. The van der Waals surface area contributed by atoms with Crippen molar-refractivity contribution in [2.45, 2.75) is 26.7 Å². The SMILES string of the molecule is CCOC(=O)Nc1ccc(C(C)C)cc1Br. The Morgan fingerprint density at radius 1 is 1.50 bits per heavy atom. The molecule has 1 aromatic rings. The summed E-state index contributed by atoms with van der Waals surface area (Å²) < 4.78 is 5.67. The molecular formula is C12H16BrNO2. The number of carbonyl (C=O) groups excluding carboxylic acids is 1. The van der Waals surface area contributed by atoms with Crippen LogP contribution in [-0.4, -0.2) is 12.7 Å². The molecule has 0 aliphatic carbocycles. The molecule has 0 atom stereocenters. The molecule has 0 aromatic heterocycles. The van der Waals surface area contributed by atoms with E-state index < -0.39 is 6.09 Å². The molecular weight excluding hydrogens is 270 g/mol. The zero-order valence-electron chi connectivity index (χ0n) is 9.71. The molecule has 0 unspecified atom stereocenters. The maximum atomic E-state index is 11.2. The number of hydrogen-bond acceptors (Lipinski definition) is 2. The summed E-state index contributed by atoms with van der Waals surface area (Å²) in [6.07, 6.45) is -0.430. The first-order valence-corrected chi connectivity index (χ1v) is 6.07. The van der Waals surface area contributed by atoms with Crippen LogP contribution in [0.4, 0.5) is 10.5 Å². The fourth-order valence-corrected chi connectivity index (χ4v) is 1.76. The van der Waals surface area contributed by atoms with Gasteiger partial charge in [0, 0.05) is 4.47 Å². The third-order valence-corrected chi connectivity index (χ3v) is 2.83. The minimum absolute atomic E-state index is 0.369. The van der Waals surface area contributed by atoms with Crippen LogP contribution in [0.25, 0.3) is 0 Å². The summed E-state index contributed by atoms with van der Waals surface area (Å²) in [6, 6.07) is 5.87. The minimum atomic E-state index is -0.430. The fourth-order valence-electron chi connectivity index (χ4n) is 1.27. The van der Waals surface area contributed by atoms with Gasteiger partial charge in [-0.05, 0) is 46.5 Å². The van der Waals surface area contributed by atoms with Crippen LogP contribution < -0.4 is 5.32 Å². The normalized spacial score (nSPS) is 10.3. The molecule has 3 nitrogen and oxygen atoms in total. The predicted molar refractivity (Wildman–Crippen MR) is 68.9 cm³/mol. The number of halogens is 1. The van der Waals surface area contributed by atoms with E-state index in [-0.39, 0.29) is 0 Å². The number of carbonyl (C=O) groups is 1. The monoisotopic (exact) mass is 285 g/mol. The second kappa shape index (κ2) is 5.89. The molecule has 88 valence electrons. The van der Waals surface area contributed by atoms with E-state index in [4.69, 9.17) is 4.74 Å². The first-order chi connectivity index (χ1) is 7.54. The maximum Gasteiger partial charge on any atom is 0.411 e. The van der Waals surface area contributed by atoms with Gasteiger partial charge in [0.1, 0.15) is 0 Å². The Bertz CT molecular complexity index is 377. The van der Waals surface area contributed by atoms with Crippen LogP contribution in [0.5, 0.6) is 0 Å². The van der Waals surface area contributed by atoms with Crippen LogP contribution >= 0.6 is 15.9 Å². The summed E-state index contributed by atoms with van der Waals surface area (Å²) in [6.45, 7) is 6.39. The molecule has 0 heterocycles. The standard InChI is InChI=1S/C12H16BrNO2/c1-4-16-12(15)14-11-6-5-9(8(2)3)7-10(11)13/h5-8H,4H2,1-3H3,(H,14,15). The number of amides is 1. The van der Waals surface area contributed by atoms with Gasteiger partial charge in [-0.2, -0.15) is 0 Å². The average molecular weight is 286 g/mol. The van der Waals surface area contributed by atoms with Crippen molar-refractivity contribution in [3.8, 4) is 0 Å². The number of hydrogen-bond donors (Lipinski definition) is 1. The van der Waals surface area contributed by atoms with Crippen molar-refractivity contribution < 1.29 is 9.53 Å². The van der Waals surface area contributed by atoms with Crippen molar-refractivity contribution in [2.24, 2.45) is 0 Å². The molecule has 0 bridgehead atoms. The van der Waals surface area contributed by atoms with Gasteiger partial charge in [-0.25, -0.2) is 4.79 Å². The lowest BCUT2D eigenvalue weighted by molar-refractivity contribution is 0.168. The van der Waals surface area contributed by atoms with Crippen LogP contribution in [0.2, 0.25) is 0 Å². The second-order valence-corrected chi connectivity index (χ2v) is 4.59. The molecule has 1 amide bonds. The van der Waals surface area contributed by atoms with Gasteiger partial charge in [0.15, 0.2) is 0 Å². The fraction of sp³-hybridized carbons (Fsp3) is 0.417. The zero-order chi connectivity index (χ0) is 12.1. The Kier molecular flexibility index (Phi) is 4.80.